The third kappa shape index (κ3) is 3.42. The number of carbonyl (C=O) groups excluding carboxylic acids is 1. The summed E-state index contributed by atoms with van der Waals surface area (Å²) in [4.78, 5) is 14.2. The Kier molecular flexibility index (Phi) is 5.33. The summed E-state index contributed by atoms with van der Waals surface area (Å²) in [7, 11) is 3.40. The maximum Gasteiger partial charge on any atom is 0.338 e. The molecule has 1 N–H and O–H groups in total. The lowest BCUT2D eigenvalue weighted by molar-refractivity contribution is -0.140. The Morgan fingerprint density at radius 3 is 2.90 bits per heavy atom. The van der Waals surface area contributed by atoms with E-state index in [9.17, 15) is 4.79 Å². The summed E-state index contributed by atoms with van der Waals surface area (Å²) in [6.45, 7) is 2.49. The molecule has 1 atom stereocenters. The van der Waals surface area contributed by atoms with Crippen molar-refractivity contribution in [1.82, 2.24) is 10.2 Å². The van der Waals surface area contributed by atoms with Gasteiger partial charge in [0.25, 0.3) is 0 Å². The van der Waals surface area contributed by atoms with Gasteiger partial charge in [0.1, 0.15) is 6.61 Å². The fraction of sp³-hybridized carbons (Fsp3) is 0.429. The van der Waals surface area contributed by atoms with Crippen molar-refractivity contribution in [1.29, 1.82) is 0 Å². The Balaban J connectivity index is 2.30. The third-order valence-electron chi connectivity index (χ3n) is 3.37. The van der Waals surface area contributed by atoms with Gasteiger partial charge in [-0.05, 0) is 41.5 Å². The molecule has 0 radical (unpaired) electrons. The molecule has 0 amide bonds. The molecular weight excluding hydrogens is 308 g/mol. The van der Waals surface area contributed by atoms with E-state index in [1.807, 2.05) is 30.8 Å². The molecule has 0 saturated carbocycles. The summed E-state index contributed by atoms with van der Waals surface area (Å²) in [6.07, 6.45) is 0. The van der Waals surface area contributed by atoms with Gasteiger partial charge in [0.2, 0.25) is 0 Å². The molecule has 2 heterocycles. The van der Waals surface area contributed by atoms with Gasteiger partial charge in [0.15, 0.2) is 5.11 Å². The zero-order valence-corrected chi connectivity index (χ0v) is 13.8. The number of nitrogens with zero attached hydrogens (tertiary/aromatic N) is 1. The molecule has 114 valence electrons. The summed E-state index contributed by atoms with van der Waals surface area (Å²) in [5.74, 6) is -0.345. The summed E-state index contributed by atoms with van der Waals surface area (Å²) in [5.41, 5.74) is 2.39. The molecule has 7 heteroatoms. The number of allylic oxidation sites excluding steroid dienone is 1. The maximum absolute atomic E-state index is 12.4. The van der Waals surface area contributed by atoms with E-state index in [0.29, 0.717) is 17.3 Å². The Bertz CT molecular complexity index is 555. The van der Waals surface area contributed by atoms with Gasteiger partial charge in [0.05, 0.1) is 18.2 Å². The molecule has 21 heavy (non-hydrogen) atoms. The van der Waals surface area contributed by atoms with Crippen LogP contribution >= 0.6 is 23.6 Å². The molecule has 5 nitrogen and oxygen atoms in total. The molecule has 0 fully saturated rings. The molecular formula is C14H18N2O3S2. The minimum atomic E-state index is -0.345. The van der Waals surface area contributed by atoms with E-state index in [4.69, 9.17) is 21.7 Å². The molecule has 1 unspecified atom stereocenters. The fourth-order valence-corrected chi connectivity index (χ4v) is 3.03. The maximum atomic E-state index is 12.4. The third-order valence-corrected chi connectivity index (χ3v) is 4.46. The number of thiocarbonyl (C=S) groups is 1. The number of nitrogens with one attached hydrogen (secondary N) is 1. The second kappa shape index (κ2) is 7.02. The molecule has 2 rings (SSSR count). The van der Waals surface area contributed by atoms with Gasteiger partial charge in [-0.25, -0.2) is 4.79 Å². The van der Waals surface area contributed by atoms with Crippen LogP contribution in [0.4, 0.5) is 0 Å². The van der Waals surface area contributed by atoms with E-state index in [0.717, 1.165) is 11.3 Å². The second-order valence-electron chi connectivity index (χ2n) is 4.63. The van der Waals surface area contributed by atoms with Gasteiger partial charge >= 0.3 is 5.97 Å². The van der Waals surface area contributed by atoms with Crippen LogP contribution in [0.2, 0.25) is 0 Å². The van der Waals surface area contributed by atoms with E-state index in [-0.39, 0.29) is 18.6 Å². The molecule has 1 aliphatic rings. The van der Waals surface area contributed by atoms with Gasteiger partial charge in [-0.1, -0.05) is 0 Å². The summed E-state index contributed by atoms with van der Waals surface area (Å²) in [6, 6.07) is 1.71. The van der Waals surface area contributed by atoms with Crippen LogP contribution in [-0.2, 0) is 14.3 Å². The number of esters is 1. The number of hydrogen-bond donors (Lipinski definition) is 1. The highest BCUT2D eigenvalue weighted by Gasteiger charge is 2.33. The normalized spacial score (nSPS) is 18.7. The van der Waals surface area contributed by atoms with Gasteiger partial charge < -0.3 is 19.7 Å². The Labute approximate surface area is 133 Å². The molecule has 1 aromatic heterocycles. The first-order chi connectivity index (χ1) is 10.1. The highest BCUT2D eigenvalue weighted by Crippen LogP contribution is 2.31. The highest BCUT2D eigenvalue weighted by atomic mass is 32.1. The van der Waals surface area contributed by atoms with Crippen LogP contribution in [0.1, 0.15) is 18.5 Å². The first kappa shape index (κ1) is 15.9. The number of rotatable bonds is 5. The van der Waals surface area contributed by atoms with Crippen LogP contribution in [0.15, 0.2) is 28.1 Å². The van der Waals surface area contributed by atoms with E-state index < -0.39 is 0 Å². The fourth-order valence-electron chi connectivity index (χ4n) is 2.08. The van der Waals surface area contributed by atoms with Crippen molar-refractivity contribution in [3.8, 4) is 0 Å². The number of ether oxygens (including phenoxy) is 2. The zero-order valence-electron chi connectivity index (χ0n) is 12.2. The Hall–Kier alpha value is -1.44. The molecule has 0 aromatic carbocycles. The van der Waals surface area contributed by atoms with Gasteiger partial charge in [-0.2, -0.15) is 11.3 Å². The molecule has 1 aliphatic heterocycles. The van der Waals surface area contributed by atoms with Crippen LogP contribution in [0, 0.1) is 0 Å². The lowest BCUT2D eigenvalue weighted by atomic mass is 9.97. The van der Waals surface area contributed by atoms with Crippen molar-refractivity contribution in [3.63, 3.8) is 0 Å². The Morgan fingerprint density at radius 1 is 1.52 bits per heavy atom. The minimum Gasteiger partial charge on any atom is -0.460 e. The average molecular weight is 326 g/mol. The van der Waals surface area contributed by atoms with Crippen molar-refractivity contribution in [2.24, 2.45) is 0 Å². The second-order valence-corrected chi connectivity index (χ2v) is 5.79. The lowest BCUT2D eigenvalue weighted by Gasteiger charge is -2.35. The first-order valence-electron chi connectivity index (χ1n) is 6.49. The number of thiophene rings is 1. The van der Waals surface area contributed by atoms with Crippen LogP contribution in [0.5, 0.6) is 0 Å². The molecule has 0 aliphatic carbocycles. The monoisotopic (exact) mass is 326 g/mol. The van der Waals surface area contributed by atoms with Crippen LogP contribution in [0.3, 0.4) is 0 Å². The molecule has 0 saturated heterocycles. The predicted octanol–water partition coefficient (Wildman–Crippen LogP) is 2.07. The molecule has 0 spiro atoms. The van der Waals surface area contributed by atoms with Crippen LogP contribution in [-0.4, -0.2) is 43.4 Å². The predicted molar refractivity (Wildman–Crippen MR) is 86.1 cm³/mol. The number of carbonyl (C=O) groups is 1. The van der Waals surface area contributed by atoms with Crippen molar-refractivity contribution in [2.75, 3.05) is 27.4 Å². The minimum absolute atomic E-state index is 0.233. The van der Waals surface area contributed by atoms with E-state index in [1.165, 1.54) is 0 Å². The SMILES string of the molecule is COCCOC(=O)C1=C(C)N(C)C(=S)NC1c1ccsc1. The largest absolute Gasteiger partial charge is 0.460 e. The number of methoxy groups -OCH3 is 1. The standard InChI is InChI=1S/C14H18N2O3S2/c1-9-11(13(17)19-6-5-18-3)12(10-4-7-21-8-10)15-14(20)16(9)2/h4,7-8,12H,5-6H2,1-3H3,(H,15,20). The van der Waals surface area contributed by atoms with Crippen molar-refractivity contribution in [2.45, 2.75) is 13.0 Å². The summed E-state index contributed by atoms with van der Waals surface area (Å²) < 4.78 is 10.2. The van der Waals surface area contributed by atoms with E-state index >= 15 is 0 Å². The first-order valence-corrected chi connectivity index (χ1v) is 7.84. The lowest BCUT2D eigenvalue weighted by Crippen LogP contribution is -2.46. The quantitative estimate of drug-likeness (QED) is 0.508. The smallest absolute Gasteiger partial charge is 0.338 e. The van der Waals surface area contributed by atoms with Gasteiger partial charge in [0, 0.05) is 19.9 Å². The topological polar surface area (TPSA) is 50.8 Å². The van der Waals surface area contributed by atoms with E-state index in [1.54, 1.807) is 23.3 Å². The number of hydrogen-bond acceptors (Lipinski definition) is 5. The molecule has 0 bridgehead atoms. The summed E-state index contributed by atoms with van der Waals surface area (Å²) in [5, 5.41) is 7.76. The van der Waals surface area contributed by atoms with E-state index in [2.05, 4.69) is 5.32 Å². The van der Waals surface area contributed by atoms with Crippen LogP contribution in [0.25, 0.3) is 0 Å². The zero-order chi connectivity index (χ0) is 15.4. The van der Waals surface area contributed by atoms with Crippen molar-refractivity contribution < 1.29 is 14.3 Å². The summed E-state index contributed by atoms with van der Waals surface area (Å²) >= 11 is 6.89. The van der Waals surface area contributed by atoms with Gasteiger partial charge in [-0.3, -0.25) is 0 Å². The van der Waals surface area contributed by atoms with Crippen molar-refractivity contribution >= 4 is 34.6 Å². The van der Waals surface area contributed by atoms with Crippen molar-refractivity contribution in [3.05, 3.63) is 33.7 Å². The highest BCUT2D eigenvalue weighted by molar-refractivity contribution is 7.80. The van der Waals surface area contributed by atoms with Crippen LogP contribution < -0.4 is 5.32 Å². The average Bonchev–Trinajstić information content (AvgIpc) is 2.98. The molecule has 1 aromatic rings. The Morgan fingerprint density at radius 2 is 2.29 bits per heavy atom. The van der Waals surface area contributed by atoms with Gasteiger partial charge in [-0.15, -0.1) is 0 Å².